The van der Waals surface area contributed by atoms with Crippen LogP contribution in [0.25, 0.3) is 0 Å². The maximum absolute atomic E-state index is 11.5. The molecule has 2 aromatic rings. The largest absolute Gasteiger partial charge is 0.465 e. The smallest absolute Gasteiger partial charge is 0.305 e. The van der Waals surface area contributed by atoms with Crippen LogP contribution in [0.15, 0.2) is 40.3 Å². The standard InChI is InChI=1S/C15H17NO4S/c17-14(20-10-7-12-4-3-11-21-12)6-1-8-16-15(18)13-5-2-9-19-13/h2-5,9,11H,1,6-8,10H2,(H,16,18). The van der Waals surface area contributed by atoms with Crippen LogP contribution < -0.4 is 5.32 Å². The summed E-state index contributed by atoms with van der Waals surface area (Å²) < 4.78 is 10.1. The number of nitrogens with one attached hydrogen (secondary N) is 1. The maximum atomic E-state index is 11.5. The molecule has 0 atom stereocenters. The lowest BCUT2D eigenvalue weighted by Gasteiger charge is -2.05. The van der Waals surface area contributed by atoms with Crippen molar-refractivity contribution in [2.24, 2.45) is 0 Å². The Balaban J connectivity index is 1.52. The molecular formula is C15H17NO4S. The van der Waals surface area contributed by atoms with Crippen LogP contribution in [0, 0.1) is 0 Å². The third-order valence-electron chi connectivity index (χ3n) is 2.78. The molecule has 2 rings (SSSR count). The highest BCUT2D eigenvalue weighted by atomic mass is 32.1. The van der Waals surface area contributed by atoms with Gasteiger partial charge in [0, 0.05) is 24.3 Å². The molecule has 0 aliphatic heterocycles. The van der Waals surface area contributed by atoms with E-state index in [-0.39, 0.29) is 17.6 Å². The van der Waals surface area contributed by atoms with Gasteiger partial charge >= 0.3 is 5.97 Å². The van der Waals surface area contributed by atoms with Crippen molar-refractivity contribution in [3.05, 3.63) is 46.5 Å². The zero-order valence-electron chi connectivity index (χ0n) is 11.5. The van der Waals surface area contributed by atoms with Crippen LogP contribution in [0.1, 0.15) is 28.3 Å². The number of carbonyl (C=O) groups is 2. The fraction of sp³-hybridized carbons (Fsp3) is 0.333. The first-order valence-corrected chi connectivity index (χ1v) is 7.63. The average Bonchev–Trinajstić information content (AvgIpc) is 3.16. The summed E-state index contributed by atoms with van der Waals surface area (Å²) in [6.45, 7) is 0.817. The quantitative estimate of drug-likeness (QED) is 0.601. The van der Waals surface area contributed by atoms with Gasteiger partial charge in [-0.05, 0) is 30.0 Å². The SMILES string of the molecule is O=C(CCCNC(=O)c1ccco1)OCCc1cccs1. The van der Waals surface area contributed by atoms with E-state index in [1.54, 1.807) is 23.5 Å². The van der Waals surface area contributed by atoms with E-state index in [1.807, 2.05) is 17.5 Å². The molecule has 21 heavy (non-hydrogen) atoms. The first kappa shape index (κ1) is 15.3. The Hall–Kier alpha value is -2.08. The summed E-state index contributed by atoms with van der Waals surface area (Å²) in [7, 11) is 0. The number of amides is 1. The average molecular weight is 307 g/mol. The highest BCUT2D eigenvalue weighted by Crippen LogP contribution is 2.09. The van der Waals surface area contributed by atoms with Crippen molar-refractivity contribution in [3.63, 3.8) is 0 Å². The Bertz CT molecular complexity index is 548. The van der Waals surface area contributed by atoms with Gasteiger partial charge in [0.15, 0.2) is 5.76 Å². The predicted molar refractivity (Wildman–Crippen MR) is 79.3 cm³/mol. The maximum Gasteiger partial charge on any atom is 0.305 e. The summed E-state index contributed by atoms with van der Waals surface area (Å²) in [4.78, 5) is 24.2. The van der Waals surface area contributed by atoms with E-state index >= 15 is 0 Å². The number of hydrogen-bond donors (Lipinski definition) is 1. The molecule has 112 valence electrons. The van der Waals surface area contributed by atoms with E-state index in [1.165, 1.54) is 11.1 Å². The number of rotatable bonds is 8. The van der Waals surface area contributed by atoms with Crippen LogP contribution in [0.3, 0.4) is 0 Å². The minimum absolute atomic E-state index is 0.237. The zero-order chi connectivity index (χ0) is 14.9. The first-order valence-electron chi connectivity index (χ1n) is 6.75. The molecule has 1 amide bonds. The summed E-state index contributed by atoms with van der Waals surface area (Å²) in [5.74, 6) is -0.238. The van der Waals surface area contributed by atoms with Crippen LogP contribution in [0.5, 0.6) is 0 Å². The molecule has 0 fully saturated rings. The topological polar surface area (TPSA) is 68.5 Å². The van der Waals surface area contributed by atoms with Crippen molar-refractivity contribution in [3.8, 4) is 0 Å². The Morgan fingerprint density at radius 1 is 1.29 bits per heavy atom. The second-order valence-electron chi connectivity index (χ2n) is 4.39. The van der Waals surface area contributed by atoms with Gasteiger partial charge in [-0.3, -0.25) is 9.59 Å². The third kappa shape index (κ3) is 5.43. The molecule has 1 N–H and O–H groups in total. The van der Waals surface area contributed by atoms with Crippen LogP contribution >= 0.6 is 11.3 Å². The van der Waals surface area contributed by atoms with E-state index in [0.29, 0.717) is 26.0 Å². The van der Waals surface area contributed by atoms with Gasteiger partial charge in [0.05, 0.1) is 12.9 Å². The summed E-state index contributed by atoms with van der Waals surface area (Å²) >= 11 is 1.65. The Kier molecular flexibility index (Phi) is 6.02. The van der Waals surface area contributed by atoms with Gasteiger partial charge in [-0.2, -0.15) is 0 Å². The van der Waals surface area contributed by atoms with Crippen LogP contribution in [-0.2, 0) is 16.0 Å². The van der Waals surface area contributed by atoms with E-state index in [4.69, 9.17) is 9.15 Å². The molecule has 0 aromatic carbocycles. The van der Waals surface area contributed by atoms with E-state index in [0.717, 1.165) is 6.42 Å². The number of ether oxygens (including phenoxy) is 1. The van der Waals surface area contributed by atoms with Gasteiger partial charge in [-0.25, -0.2) is 0 Å². The highest BCUT2D eigenvalue weighted by Gasteiger charge is 2.08. The fourth-order valence-corrected chi connectivity index (χ4v) is 2.41. The van der Waals surface area contributed by atoms with Crippen molar-refractivity contribution in [2.75, 3.05) is 13.2 Å². The summed E-state index contributed by atoms with van der Waals surface area (Å²) in [5.41, 5.74) is 0. The molecule has 0 saturated carbocycles. The molecule has 0 unspecified atom stereocenters. The lowest BCUT2D eigenvalue weighted by Crippen LogP contribution is -2.24. The molecule has 0 saturated heterocycles. The molecule has 2 aromatic heterocycles. The van der Waals surface area contributed by atoms with Crippen LogP contribution in [-0.4, -0.2) is 25.0 Å². The molecule has 5 nitrogen and oxygen atoms in total. The number of carbonyl (C=O) groups excluding carboxylic acids is 2. The van der Waals surface area contributed by atoms with E-state index in [2.05, 4.69) is 5.32 Å². The summed E-state index contributed by atoms with van der Waals surface area (Å²) in [6.07, 6.45) is 3.03. The van der Waals surface area contributed by atoms with Crippen LogP contribution in [0.2, 0.25) is 0 Å². The van der Waals surface area contributed by atoms with Crippen molar-refractivity contribution in [1.29, 1.82) is 0 Å². The molecule has 6 heteroatoms. The summed E-state index contributed by atoms with van der Waals surface area (Å²) in [6, 6.07) is 7.24. The molecule has 2 heterocycles. The van der Waals surface area contributed by atoms with E-state index < -0.39 is 0 Å². The van der Waals surface area contributed by atoms with Gasteiger partial charge in [-0.1, -0.05) is 6.07 Å². The van der Waals surface area contributed by atoms with Crippen LogP contribution in [0.4, 0.5) is 0 Å². The normalized spacial score (nSPS) is 10.3. The number of furan rings is 1. The van der Waals surface area contributed by atoms with Crippen molar-refractivity contribution >= 4 is 23.2 Å². The lowest BCUT2D eigenvalue weighted by molar-refractivity contribution is -0.143. The Morgan fingerprint density at radius 3 is 2.90 bits per heavy atom. The van der Waals surface area contributed by atoms with Gasteiger partial charge in [0.2, 0.25) is 0 Å². The lowest BCUT2D eigenvalue weighted by atomic mass is 10.3. The van der Waals surface area contributed by atoms with Gasteiger partial charge in [0.1, 0.15) is 0 Å². The first-order chi connectivity index (χ1) is 10.3. The molecule has 0 aliphatic rings. The molecule has 0 spiro atoms. The number of thiophene rings is 1. The molecule has 0 radical (unpaired) electrons. The van der Waals surface area contributed by atoms with Gasteiger partial charge < -0.3 is 14.5 Å². The van der Waals surface area contributed by atoms with E-state index in [9.17, 15) is 9.59 Å². The highest BCUT2D eigenvalue weighted by molar-refractivity contribution is 7.09. The van der Waals surface area contributed by atoms with Crippen molar-refractivity contribution in [1.82, 2.24) is 5.32 Å². The minimum atomic E-state index is -0.272. The van der Waals surface area contributed by atoms with Crippen molar-refractivity contribution < 1.29 is 18.7 Å². The zero-order valence-corrected chi connectivity index (χ0v) is 12.4. The minimum Gasteiger partial charge on any atom is -0.465 e. The second kappa shape index (κ2) is 8.26. The molecule has 0 bridgehead atoms. The van der Waals surface area contributed by atoms with Gasteiger partial charge in [0.25, 0.3) is 5.91 Å². The van der Waals surface area contributed by atoms with Gasteiger partial charge in [-0.15, -0.1) is 11.3 Å². The third-order valence-corrected chi connectivity index (χ3v) is 3.72. The monoisotopic (exact) mass is 307 g/mol. The predicted octanol–water partition coefficient (Wildman–Crippen LogP) is 2.64. The number of hydrogen-bond acceptors (Lipinski definition) is 5. The summed E-state index contributed by atoms with van der Waals surface area (Å²) in [5, 5.41) is 4.68. The molecular weight excluding hydrogens is 290 g/mol. The van der Waals surface area contributed by atoms with Crippen molar-refractivity contribution in [2.45, 2.75) is 19.3 Å². The fourth-order valence-electron chi connectivity index (χ4n) is 1.72. The Morgan fingerprint density at radius 2 is 2.19 bits per heavy atom. The number of esters is 1. The molecule has 0 aliphatic carbocycles. The Labute approximate surface area is 126 Å². The second-order valence-corrected chi connectivity index (χ2v) is 5.42.